The van der Waals surface area contributed by atoms with E-state index in [1.807, 2.05) is 77.4 Å². The van der Waals surface area contributed by atoms with Gasteiger partial charge < -0.3 is 10.2 Å². The van der Waals surface area contributed by atoms with Crippen LogP contribution in [0.15, 0.2) is 97.1 Å². The number of fused-ring (bicyclic) bond motifs is 2. The minimum Gasteiger partial charge on any atom is -0.459 e. The zero-order valence-electron chi connectivity index (χ0n) is 15.7. The molecule has 5 aromatic rings. The third-order valence-electron chi connectivity index (χ3n) is 5.31. The molecule has 0 spiro atoms. The summed E-state index contributed by atoms with van der Waals surface area (Å²) in [5.74, 6) is 0.0125. The highest BCUT2D eigenvalue weighted by Crippen LogP contribution is 2.24. The van der Waals surface area contributed by atoms with Crippen molar-refractivity contribution < 1.29 is 19.3 Å². The van der Waals surface area contributed by atoms with E-state index in [1.165, 1.54) is 4.57 Å². The molecule has 0 saturated carbocycles. The van der Waals surface area contributed by atoms with Gasteiger partial charge in [0.2, 0.25) is 11.2 Å². The molecule has 5 rings (SSSR count). The van der Waals surface area contributed by atoms with E-state index in [-0.39, 0.29) is 11.9 Å². The van der Waals surface area contributed by atoms with Gasteiger partial charge in [-0.2, -0.15) is 0 Å². The Balaban J connectivity index is 1.79. The van der Waals surface area contributed by atoms with Crippen molar-refractivity contribution in [1.29, 1.82) is 0 Å². The summed E-state index contributed by atoms with van der Waals surface area (Å²) in [6.45, 7) is 0.473. The summed E-state index contributed by atoms with van der Waals surface area (Å²) in [4.78, 5) is 0. The third-order valence-corrected chi connectivity index (χ3v) is 5.31. The zero-order valence-corrected chi connectivity index (χ0v) is 15.7. The van der Waals surface area contributed by atoms with Gasteiger partial charge in [0.05, 0.1) is 0 Å². The summed E-state index contributed by atoms with van der Waals surface area (Å²) in [5, 5.41) is 25.1. The number of hydrogen-bond donors (Lipinski definition) is 2. The van der Waals surface area contributed by atoms with Crippen LogP contribution in [0.2, 0.25) is 0 Å². The molecule has 1 heterocycles. The highest BCUT2D eigenvalue weighted by molar-refractivity contribution is 5.85. The monoisotopic (exact) mass is 380 g/mol. The van der Waals surface area contributed by atoms with Gasteiger partial charge in [0.15, 0.2) is 11.9 Å². The van der Waals surface area contributed by atoms with Crippen molar-refractivity contribution in [3.63, 3.8) is 0 Å². The Morgan fingerprint density at radius 1 is 0.621 bits per heavy atom. The lowest BCUT2D eigenvalue weighted by Crippen LogP contribution is -2.47. The Morgan fingerprint density at radius 3 is 2.10 bits per heavy atom. The molecule has 140 valence electrons. The number of rotatable bonds is 3. The lowest BCUT2D eigenvalue weighted by Gasteiger charge is -2.07. The topological polar surface area (TPSA) is 48.2 Å². The molecule has 0 fully saturated rings. The molecule has 29 heavy (non-hydrogen) atoms. The van der Waals surface area contributed by atoms with Gasteiger partial charge in [0.1, 0.15) is 0 Å². The lowest BCUT2D eigenvalue weighted by molar-refractivity contribution is -0.776. The summed E-state index contributed by atoms with van der Waals surface area (Å²) in [7, 11) is 0. The first-order valence-electron chi connectivity index (χ1n) is 9.54. The van der Waals surface area contributed by atoms with E-state index < -0.39 is 0 Å². The van der Waals surface area contributed by atoms with Gasteiger partial charge in [-0.15, -0.1) is 0 Å². The summed E-state index contributed by atoms with van der Waals surface area (Å²) in [5.41, 5.74) is 2.56. The van der Waals surface area contributed by atoms with Crippen molar-refractivity contribution in [2.45, 2.75) is 6.54 Å². The van der Waals surface area contributed by atoms with Crippen molar-refractivity contribution in [2.75, 3.05) is 0 Å². The highest BCUT2D eigenvalue weighted by atomic mass is 16.3. The Kier molecular flexibility index (Phi) is 4.10. The number of hydrogen-bond acceptors (Lipinski definition) is 2. The normalized spacial score (nSPS) is 11.2. The van der Waals surface area contributed by atoms with Crippen LogP contribution < -0.4 is 9.13 Å². The van der Waals surface area contributed by atoms with Crippen molar-refractivity contribution in [2.24, 2.45) is 0 Å². The van der Waals surface area contributed by atoms with Crippen molar-refractivity contribution in [3.05, 3.63) is 103 Å². The highest BCUT2D eigenvalue weighted by Gasteiger charge is 2.35. The average molecular weight is 380 g/mol. The standard InChI is InChI=1S/C25H18N2O2/c28-24-22-15-6-7-16-23(22)26(25(29)27(24)20-12-2-1-3-13-20)17-19-11-8-10-18-9-4-5-14-21(18)19/h1-16H,17H2/p+2. The predicted molar refractivity (Wildman–Crippen MR) is 112 cm³/mol. The maximum Gasteiger partial charge on any atom is 0.638 e. The smallest absolute Gasteiger partial charge is 0.459 e. The summed E-state index contributed by atoms with van der Waals surface area (Å²) >= 11 is 0. The van der Waals surface area contributed by atoms with Crippen molar-refractivity contribution in [3.8, 4) is 17.6 Å². The molecule has 2 N–H and O–H groups in total. The molecule has 1 aromatic heterocycles. The molecule has 0 aliphatic heterocycles. The second-order valence-electron chi connectivity index (χ2n) is 7.04. The Morgan fingerprint density at radius 2 is 1.28 bits per heavy atom. The fourth-order valence-electron chi connectivity index (χ4n) is 3.91. The van der Waals surface area contributed by atoms with Crippen molar-refractivity contribution in [1.82, 2.24) is 0 Å². The van der Waals surface area contributed by atoms with Gasteiger partial charge in [0, 0.05) is 23.8 Å². The first-order valence-corrected chi connectivity index (χ1v) is 9.54. The largest absolute Gasteiger partial charge is 0.638 e. The first-order chi connectivity index (χ1) is 14.2. The average Bonchev–Trinajstić information content (AvgIpc) is 2.77. The third kappa shape index (κ3) is 2.86. The van der Waals surface area contributed by atoms with Crippen molar-refractivity contribution >= 4 is 21.7 Å². The summed E-state index contributed by atoms with van der Waals surface area (Å²) in [6.07, 6.45) is 0. The van der Waals surface area contributed by atoms with Gasteiger partial charge in [0.25, 0.3) is 0 Å². The molecule has 4 aromatic carbocycles. The van der Waals surface area contributed by atoms with Crippen LogP contribution in [0.25, 0.3) is 27.4 Å². The number of aromatic hydroxyl groups is 2. The van der Waals surface area contributed by atoms with Crippen LogP contribution in [0, 0.1) is 0 Å². The van der Waals surface area contributed by atoms with Crippen LogP contribution >= 0.6 is 0 Å². The molecular weight excluding hydrogens is 360 g/mol. The van der Waals surface area contributed by atoms with E-state index in [9.17, 15) is 10.2 Å². The Hall–Kier alpha value is -3.92. The Labute approximate surface area is 168 Å². The van der Waals surface area contributed by atoms with E-state index in [1.54, 1.807) is 0 Å². The van der Waals surface area contributed by atoms with E-state index >= 15 is 0 Å². The van der Waals surface area contributed by atoms with Crippen LogP contribution in [-0.4, -0.2) is 10.2 Å². The second kappa shape index (κ2) is 6.91. The first kappa shape index (κ1) is 17.2. The molecule has 0 radical (unpaired) electrons. The maximum atomic E-state index is 11.2. The SMILES string of the molecule is Oc1c2ccccc2[n+](Cc2cccc3ccccc23)c(O)[n+]1-c1ccccc1. The van der Waals surface area contributed by atoms with E-state index in [0.29, 0.717) is 17.6 Å². The zero-order chi connectivity index (χ0) is 19.8. The molecule has 4 nitrogen and oxygen atoms in total. The molecule has 0 saturated heterocycles. The van der Waals surface area contributed by atoms with E-state index in [4.69, 9.17) is 0 Å². The maximum absolute atomic E-state index is 11.2. The molecular formula is C25H20N2O2+2. The van der Waals surface area contributed by atoms with Crippen LogP contribution in [-0.2, 0) is 6.54 Å². The predicted octanol–water partition coefficient (Wildman–Crippen LogP) is 4.02. The second-order valence-corrected chi connectivity index (χ2v) is 7.04. The quantitative estimate of drug-likeness (QED) is 0.465. The van der Waals surface area contributed by atoms with Gasteiger partial charge in [-0.05, 0) is 21.4 Å². The minimum absolute atomic E-state index is 0.0125. The molecule has 0 amide bonds. The molecule has 0 atom stereocenters. The number of aromatic nitrogens is 2. The van der Waals surface area contributed by atoms with Gasteiger partial charge in [-0.1, -0.05) is 77.4 Å². The fraction of sp³-hybridized carbons (Fsp3) is 0.0400. The van der Waals surface area contributed by atoms with Crippen LogP contribution in [0.1, 0.15) is 5.56 Å². The van der Waals surface area contributed by atoms with Crippen LogP contribution in [0.4, 0.5) is 0 Å². The molecule has 0 bridgehead atoms. The van der Waals surface area contributed by atoms with Gasteiger partial charge in [-0.25, -0.2) is 0 Å². The molecule has 0 unspecified atom stereocenters. The lowest BCUT2D eigenvalue weighted by atomic mass is 10.0. The van der Waals surface area contributed by atoms with Gasteiger partial charge >= 0.3 is 11.9 Å². The molecule has 0 aliphatic rings. The number of para-hydroxylation sites is 2. The number of benzene rings is 4. The van der Waals surface area contributed by atoms with Gasteiger partial charge in [-0.3, -0.25) is 0 Å². The minimum atomic E-state index is -0.0275. The molecule has 0 aliphatic carbocycles. The van der Waals surface area contributed by atoms with E-state index in [2.05, 4.69) is 24.3 Å². The Bertz CT molecular complexity index is 1340. The van der Waals surface area contributed by atoms with Crippen LogP contribution in [0.3, 0.4) is 0 Å². The van der Waals surface area contributed by atoms with Crippen LogP contribution in [0.5, 0.6) is 11.9 Å². The number of nitrogens with zero attached hydrogens (tertiary/aromatic N) is 2. The van der Waals surface area contributed by atoms with E-state index in [0.717, 1.165) is 21.9 Å². The summed E-state index contributed by atoms with van der Waals surface area (Å²) < 4.78 is 3.32. The fourth-order valence-corrected chi connectivity index (χ4v) is 3.91. The molecule has 4 heteroatoms. The summed E-state index contributed by atoms with van der Waals surface area (Å²) in [6, 6.07) is 31.3.